The van der Waals surface area contributed by atoms with Gasteiger partial charge in [-0.3, -0.25) is 10.0 Å². The minimum absolute atomic E-state index is 0. The molecule has 0 saturated carbocycles. The Balaban J connectivity index is -0.0000000450. The number of carbonyl (C=O) groups excluding carboxylic acids is 1. The van der Waals surface area contributed by atoms with Crippen LogP contribution in [0, 0.1) is 0 Å². The second kappa shape index (κ2) is 17.5. The number of carbonyl (C=O) groups is 1. The molecule has 1 amide bonds. The van der Waals surface area contributed by atoms with Gasteiger partial charge in [0.05, 0.1) is 0 Å². The van der Waals surface area contributed by atoms with Gasteiger partial charge in [0, 0.05) is 0 Å². The summed E-state index contributed by atoms with van der Waals surface area (Å²) in [6.07, 6.45) is 0.181. The monoisotopic (exact) mass is 211 g/mol. The quantitative estimate of drug-likeness (QED) is 0.204. The van der Waals surface area contributed by atoms with Crippen molar-refractivity contribution in [2.24, 2.45) is 0 Å². The Morgan fingerprint density at radius 1 is 1.67 bits per heavy atom. The molecule has 3 nitrogen and oxygen atoms in total. The van der Waals surface area contributed by atoms with Gasteiger partial charge >= 0.3 is 37.4 Å². The predicted octanol–water partition coefficient (Wildman–Crippen LogP) is -3.51. The van der Waals surface area contributed by atoms with E-state index in [0.717, 1.165) is 0 Å². The molecule has 5 heteroatoms. The summed E-state index contributed by atoms with van der Waals surface area (Å²) in [7, 11) is 0. The van der Waals surface area contributed by atoms with E-state index in [4.69, 9.17) is 10.0 Å². The number of hydrogen-bond donors (Lipinski definition) is 2. The molecule has 0 atom stereocenters. The van der Waals surface area contributed by atoms with E-state index in [-0.39, 0.29) is 43.8 Å². The van der Waals surface area contributed by atoms with Crippen LogP contribution in [-0.2, 0) is 4.79 Å². The Morgan fingerprint density at radius 3 is 1.83 bits per heavy atom. The van der Waals surface area contributed by atoms with Crippen LogP contribution in [0.5, 0.6) is 0 Å². The van der Waals surface area contributed by atoms with E-state index in [1.807, 2.05) is 0 Å². The van der Waals surface area contributed by atoms with Crippen LogP contribution >= 0.6 is 0 Å². The molecule has 38 valence electrons. The summed E-state index contributed by atoms with van der Waals surface area (Å²) in [5.41, 5.74) is 1.25. The molecular weight excluding hydrogens is 200 g/mol. The first kappa shape index (κ1) is 16.0. The Bertz CT molecular complexity index is 27.5. The molecule has 0 aliphatic heterocycles. The van der Waals surface area contributed by atoms with Crippen molar-refractivity contribution in [1.29, 1.82) is 0 Å². The Kier molecular flexibility index (Phi) is 46.6. The molecule has 0 fully saturated rings. The molecular formula is CH10GaGeNO2. The fraction of sp³-hybridized carbons (Fsp3) is 0. The van der Waals surface area contributed by atoms with Crippen LogP contribution in [0.25, 0.3) is 0 Å². The van der Waals surface area contributed by atoms with Crippen LogP contribution < -0.4 is 5.48 Å². The molecule has 0 aromatic rings. The molecule has 0 aliphatic carbocycles. The first-order chi connectivity index (χ1) is 1.91. The first-order valence-corrected chi connectivity index (χ1v) is 0.748. The van der Waals surface area contributed by atoms with Crippen molar-refractivity contribution in [3.05, 3.63) is 0 Å². The third-order valence-electron chi connectivity index (χ3n) is 0.0527. The number of amides is 1. The summed E-state index contributed by atoms with van der Waals surface area (Å²) in [4.78, 5) is 8.81. The summed E-state index contributed by atoms with van der Waals surface area (Å²) >= 11 is 0. The topological polar surface area (TPSA) is 49.3 Å². The van der Waals surface area contributed by atoms with Gasteiger partial charge in [-0.05, 0) is 0 Å². The zero-order chi connectivity index (χ0) is 3.41. The summed E-state index contributed by atoms with van der Waals surface area (Å²) in [6, 6.07) is 0. The maximum atomic E-state index is 8.81. The zero-order valence-corrected chi connectivity index (χ0v) is 1.93. The van der Waals surface area contributed by atoms with Crippen molar-refractivity contribution in [3.63, 3.8) is 0 Å². The molecule has 0 rings (SSSR count). The Labute approximate surface area is 59.5 Å². The van der Waals surface area contributed by atoms with Crippen molar-refractivity contribution < 1.29 is 10.0 Å². The molecule has 2 N–H and O–H groups in total. The van der Waals surface area contributed by atoms with Crippen molar-refractivity contribution in [2.45, 2.75) is 0 Å². The Morgan fingerprint density at radius 2 is 1.83 bits per heavy atom. The predicted molar refractivity (Wildman–Crippen MR) is 32.3 cm³/mol. The molecule has 0 radical (unpaired) electrons. The van der Waals surface area contributed by atoms with Crippen LogP contribution in [0.3, 0.4) is 0 Å². The second-order valence-corrected chi connectivity index (χ2v) is 0.247. The van der Waals surface area contributed by atoms with Gasteiger partial charge < -0.3 is 0 Å². The third-order valence-corrected chi connectivity index (χ3v) is 0.0527. The maximum absolute atomic E-state index is 8.81. The van der Waals surface area contributed by atoms with E-state index >= 15 is 0 Å². The van der Waals surface area contributed by atoms with Gasteiger partial charge in [-0.2, -0.15) is 0 Å². The van der Waals surface area contributed by atoms with E-state index in [9.17, 15) is 0 Å². The molecule has 0 aliphatic rings. The SMILES string of the molecule is O=CNO.[GaH3].[GeH4]. The van der Waals surface area contributed by atoms with Gasteiger partial charge in [-0.1, -0.05) is 0 Å². The summed E-state index contributed by atoms with van der Waals surface area (Å²) < 4.78 is 0. The van der Waals surface area contributed by atoms with Gasteiger partial charge in [0.1, 0.15) is 0 Å². The third kappa shape index (κ3) is 23.2. The fourth-order valence-corrected chi connectivity index (χ4v) is 0. The van der Waals surface area contributed by atoms with Crippen LogP contribution in [-0.4, -0.2) is 49.0 Å². The van der Waals surface area contributed by atoms with E-state index in [0.29, 0.717) is 0 Å². The second-order valence-electron chi connectivity index (χ2n) is 0.247. The summed E-state index contributed by atoms with van der Waals surface area (Å²) in [5.74, 6) is 0. The Hall–Kier alpha value is 0.609. The molecule has 0 aromatic carbocycles. The van der Waals surface area contributed by atoms with Crippen LogP contribution in [0.1, 0.15) is 0 Å². The van der Waals surface area contributed by atoms with Gasteiger partial charge in [0.2, 0.25) is 6.41 Å². The molecule has 0 saturated heterocycles. The van der Waals surface area contributed by atoms with E-state index in [1.165, 1.54) is 5.48 Å². The molecule has 0 bridgehead atoms. The molecule has 0 unspecified atom stereocenters. The summed E-state index contributed by atoms with van der Waals surface area (Å²) in [5, 5.41) is 7.26. The molecule has 0 heterocycles. The van der Waals surface area contributed by atoms with Crippen molar-refractivity contribution in [2.75, 3.05) is 0 Å². The number of hydroxylamine groups is 1. The number of rotatable bonds is 1. The average Bonchev–Trinajstić information content (AvgIpc) is 1.37. The molecule has 0 spiro atoms. The summed E-state index contributed by atoms with van der Waals surface area (Å²) in [6.45, 7) is 0. The normalized spacial score (nSPS) is 3.50. The van der Waals surface area contributed by atoms with Crippen molar-refractivity contribution >= 4 is 43.8 Å². The van der Waals surface area contributed by atoms with Gasteiger partial charge in [-0.15, -0.1) is 0 Å². The number of hydrogen-bond acceptors (Lipinski definition) is 2. The van der Waals surface area contributed by atoms with Gasteiger partial charge in [0.15, 0.2) is 0 Å². The average molecular weight is 210 g/mol. The molecule has 6 heavy (non-hydrogen) atoms. The van der Waals surface area contributed by atoms with Crippen LogP contribution in [0.15, 0.2) is 0 Å². The van der Waals surface area contributed by atoms with E-state index < -0.39 is 0 Å². The van der Waals surface area contributed by atoms with Crippen LogP contribution in [0.2, 0.25) is 0 Å². The zero-order valence-electron chi connectivity index (χ0n) is 1.93. The first-order valence-electron chi connectivity index (χ1n) is 0.748. The van der Waals surface area contributed by atoms with Gasteiger partial charge in [-0.25, -0.2) is 5.48 Å². The standard InChI is InChI=1S/CH3NO2.Ga.GeH4.3H/c3-1-2-4;;;;;/h1,4H,(H,2,3);;1H4;;;. The van der Waals surface area contributed by atoms with Crippen molar-refractivity contribution in [3.8, 4) is 0 Å². The fourth-order valence-electron chi connectivity index (χ4n) is 0. The minimum atomic E-state index is 0. The van der Waals surface area contributed by atoms with E-state index in [1.54, 1.807) is 0 Å². The van der Waals surface area contributed by atoms with E-state index in [2.05, 4.69) is 0 Å². The van der Waals surface area contributed by atoms with Gasteiger partial charge in [0.25, 0.3) is 0 Å². The van der Waals surface area contributed by atoms with Crippen molar-refractivity contribution in [1.82, 2.24) is 5.48 Å². The molecule has 0 aromatic heterocycles. The van der Waals surface area contributed by atoms with Crippen LogP contribution in [0.4, 0.5) is 0 Å². The number of nitrogens with one attached hydrogen (secondary N) is 1.